The molecule has 0 unspecified atom stereocenters. The highest BCUT2D eigenvalue weighted by atomic mass is 127. The van der Waals surface area contributed by atoms with E-state index in [0.717, 1.165) is 22.6 Å². The van der Waals surface area contributed by atoms with E-state index in [-0.39, 0.29) is 5.91 Å². The van der Waals surface area contributed by atoms with Crippen LogP contribution in [0.15, 0.2) is 53.6 Å². The van der Waals surface area contributed by atoms with Gasteiger partial charge in [-0.3, -0.25) is 4.79 Å². The molecule has 1 amide bonds. The highest BCUT2D eigenvalue weighted by molar-refractivity contribution is 14.1. The lowest BCUT2D eigenvalue weighted by Crippen LogP contribution is -2.17. The average Bonchev–Trinajstić information content (AvgIpc) is 2.92. The Balaban J connectivity index is 1.79. The normalized spacial score (nSPS) is 11.1. The Morgan fingerprint density at radius 3 is 2.48 bits per heavy atom. The fourth-order valence-corrected chi connectivity index (χ4v) is 3.37. The molecule has 3 rings (SSSR count). The minimum Gasteiger partial charge on any atom is -0.318 e. The summed E-state index contributed by atoms with van der Waals surface area (Å²) in [6.45, 7) is 6.21. The number of halogens is 2. The molecule has 6 heteroatoms. The van der Waals surface area contributed by atoms with Gasteiger partial charge < -0.3 is 4.57 Å². The summed E-state index contributed by atoms with van der Waals surface area (Å²) >= 11 is 8.18. The van der Waals surface area contributed by atoms with Crippen LogP contribution in [0.3, 0.4) is 0 Å². The van der Waals surface area contributed by atoms with Gasteiger partial charge in [-0.15, -0.1) is 0 Å². The molecule has 0 aliphatic rings. The van der Waals surface area contributed by atoms with Crippen LogP contribution in [0.25, 0.3) is 5.69 Å². The lowest BCUT2D eigenvalue weighted by Gasteiger charge is -2.11. The SMILES string of the molecule is Cc1cc(-n2c(C)cc(/C=N\NC(=O)c3ccc(Cl)cc3)c2C)ccc1I. The Labute approximate surface area is 177 Å². The summed E-state index contributed by atoms with van der Waals surface area (Å²) in [6.07, 6.45) is 1.67. The maximum Gasteiger partial charge on any atom is 0.271 e. The van der Waals surface area contributed by atoms with Crippen molar-refractivity contribution < 1.29 is 4.79 Å². The number of rotatable bonds is 4. The van der Waals surface area contributed by atoms with Gasteiger partial charge in [-0.2, -0.15) is 5.10 Å². The molecule has 138 valence electrons. The van der Waals surface area contributed by atoms with Crippen LogP contribution in [-0.4, -0.2) is 16.7 Å². The van der Waals surface area contributed by atoms with E-state index in [9.17, 15) is 4.79 Å². The van der Waals surface area contributed by atoms with Gasteiger partial charge in [0.25, 0.3) is 5.91 Å². The third kappa shape index (κ3) is 4.42. The zero-order valence-electron chi connectivity index (χ0n) is 15.3. The maximum absolute atomic E-state index is 12.1. The van der Waals surface area contributed by atoms with Crippen LogP contribution in [0.5, 0.6) is 0 Å². The number of aromatic nitrogens is 1. The summed E-state index contributed by atoms with van der Waals surface area (Å²) in [4.78, 5) is 12.1. The number of hydrazone groups is 1. The molecule has 1 heterocycles. The highest BCUT2D eigenvalue weighted by Gasteiger charge is 2.10. The van der Waals surface area contributed by atoms with Crippen LogP contribution in [-0.2, 0) is 0 Å². The largest absolute Gasteiger partial charge is 0.318 e. The summed E-state index contributed by atoms with van der Waals surface area (Å²) in [7, 11) is 0. The molecule has 27 heavy (non-hydrogen) atoms. The topological polar surface area (TPSA) is 46.4 Å². The number of nitrogens with zero attached hydrogens (tertiary/aromatic N) is 2. The maximum atomic E-state index is 12.1. The van der Waals surface area contributed by atoms with Gasteiger partial charge >= 0.3 is 0 Å². The zero-order valence-corrected chi connectivity index (χ0v) is 18.2. The molecule has 0 bridgehead atoms. The van der Waals surface area contributed by atoms with Crippen molar-refractivity contribution in [2.75, 3.05) is 0 Å². The monoisotopic (exact) mass is 491 g/mol. The Morgan fingerprint density at radius 2 is 1.81 bits per heavy atom. The number of nitrogens with one attached hydrogen (secondary N) is 1. The van der Waals surface area contributed by atoms with Crippen molar-refractivity contribution in [3.8, 4) is 5.69 Å². The van der Waals surface area contributed by atoms with Crippen LogP contribution in [0, 0.1) is 24.3 Å². The first-order valence-corrected chi connectivity index (χ1v) is 9.87. The van der Waals surface area contributed by atoms with E-state index >= 15 is 0 Å². The molecular formula is C21H19ClIN3O. The molecule has 4 nitrogen and oxygen atoms in total. The second-order valence-electron chi connectivity index (χ2n) is 6.30. The lowest BCUT2D eigenvalue weighted by atomic mass is 10.2. The Hall–Kier alpha value is -2.12. The molecule has 0 radical (unpaired) electrons. The standard InChI is InChI=1S/C21H19ClIN3O/c1-13-10-19(8-9-20(13)23)26-14(2)11-17(15(26)3)12-24-25-21(27)16-4-6-18(22)7-5-16/h4-12H,1-3H3,(H,25,27)/b24-12-. The number of amides is 1. The Morgan fingerprint density at radius 1 is 1.11 bits per heavy atom. The molecule has 0 aliphatic carbocycles. The van der Waals surface area contributed by atoms with Crippen LogP contribution >= 0.6 is 34.2 Å². The summed E-state index contributed by atoms with van der Waals surface area (Å²) in [5.41, 5.74) is 8.56. The molecule has 1 aromatic heterocycles. The molecule has 2 aromatic carbocycles. The highest BCUT2D eigenvalue weighted by Crippen LogP contribution is 2.22. The molecule has 0 atom stereocenters. The van der Waals surface area contributed by atoms with Crippen molar-refractivity contribution in [3.05, 3.63) is 85.2 Å². The van der Waals surface area contributed by atoms with E-state index in [1.54, 1.807) is 30.5 Å². The second kappa shape index (κ2) is 8.27. The van der Waals surface area contributed by atoms with E-state index in [0.29, 0.717) is 10.6 Å². The molecule has 0 saturated heterocycles. The fourth-order valence-electron chi connectivity index (χ4n) is 2.91. The van der Waals surface area contributed by atoms with Crippen molar-refractivity contribution in [1.82, 2.24) is 9.99 Å². The summed E-state index contributed by atoms with van der Waals surface area (Å²) in [5.74, 6) is -0.273. The molecule has 0 fully saturated rings. The quantitative estimate of drug-likeness (QED) is 0.295. The van der Waals surface area contributed by atoms with Crippen molar-refractivity contribution >= 4 is 46.3 Å². The van der Waals surface area contributed by atoms with Crippen LogP contribution < -0.4 is 5.43 Å². The van der Waals surface area contributed by atoms with Gasteiger partial charge in [0.2, 0.25) is 0 Å². The van der Waals surface area contributed by atoms with E-state index < -0.39 is 0 Å². The number of hydrogen-bond donors (Lipinski definition) is 1. The van der Waals surface area contributed by atoms with E-state index in [1.165, 1.54) is 9.13 Å². The number of carbonyl (C=O) groups is 1. The minimum absolute atomic E-state index is 0.273. The smallest absolute Gasteiger partial charge is 0.271 e. The van der Waals surface area contributed by atoms with Gasteiger partial charge in [-0.1, -0.05) is 11.6 Å². The van der Waals surface area contributed by atoms with Crippen molar-refractivity contribution in [2.45, 2.75) is 20.8 Å². The minimum atomic E-state index is -0.273. The van der Waals surface area contributed by atoms with Crippen molar-refractivity contribution in [3.63, 3.8) is 0 Å². The van der Waals surface area contributed by atoms with Crippen LogP contribution in [0.4, 0.5) is 0 Å². The van der Waals surface area contributed by atoms with E-state index in [2.05, 4.69) is 75.8 Å². The molecular weight excluding hydrogens is 473 g/mol. The van der Waals surface area contributed by atoms with Crippen LogP contribution in [0.1, 0.15) is 32.9 Å². The predicted octanol–water partition coefficient (Wildman–Crippen LogP) is 5.42. The summed E-state index contributed by atoms with van der Waals surface area (Å²) in [6, 6.07) is 15.1. The van der Waals surface area contributed by atoms with Gasteiger partial charge in [0, 0.05) is 36.8 Å². The first kappa shape index (κ1) is 19.6. The van der Waals surface area contributed by atoms with Crippen molar-refractivity contribution in [1.29, 1.82) is 0 Å². The number of carbonyl (C=O) groups excluding carboxylic acids is 1. The first-order chi connectivity index (χ1) is 12.9. The molecule has 1 N–H and O–H groups in total. The summed E-state index contributed by atoms with van der Waals surface area (Å²) in [5, 5.41) is 4.70. The van der Waals surface area contributed by atoms with Gasteiger partial charge in [-0.05, 0) is 97.5 Å². The lowest BCUT2D eigenvalue weighted by molar-refractivity contribution is 0.0955. The number of hydrogen-bond acceptors (Lipinski definition) is 2. The van der Waals surface area contributed by atoms with Crippen molar-refractivity contribution in [2.24, 2.45) is 5.10 Å². The molecule has 3 aromatic rings. The Bertz CT molecular complexity index is 1020. The van der Waals surface area contributed by atoms with E-state index in [1.807, 2.05) is 6.92 Å². The molecule has 0 saturated carbocycles. The van der Waals surface area contributed by atoms with Gasteiger partial charge in [0.1, 0.15) is 0 Å². The molecule has 0 spiro atoms. The van der Waals surface area contributed by atoms with Gasteiger partial charge in [0.05, 0.1) is 6.21 Å². The van der Waals surface area contributed by atoms with E-state index in [4.69, 9.17) is 11.6 Å². The predicted molar refractivity (Wildman–Crippen MR) is 119 cm³/mol. The van der Waals surface area contributed by atoms with Gasteiger partial charge in [0.15, 0.2) is 0 Å². The zero-order chi connectivity index (χ0) is 19.6. The first-order valence-electron chi connectivity index (χ1n) is 8.41. The third-order valence-electron chi connectivity index (χ3n) is 4.35. The van der Waals surface area contributed by atoms with Gasteiger partial charge in [-0.25, -0.2) is 5.43 Å². The Kier molecular flexibility index (Phi) is 6.01. The number of benzene rings is 2. The fraction of sp³-hybridized carbons (Fsp3) is 0.143. The third-order valence-corrected chi connectivity index (χ3v) is 5.81. The van der Waals surface area contributed by atoms with Crippen LogP contribution in [0.2, 0.25) is 5.02 Å². The summed E-state index contributed by atoms with van der Waals surface area (Å²) < 4.78 is 3.43. The average molecular weight is 492 g/mol. The second-order valence-corrected chi connectivity index (χ2v) is 7.90. The molecule has 0 aliphatic heterocycles. The number of aryl methyl sites for hydroxylation is 2.